The average molecular weight is 255 g/mol. The van der Waals surface area contributed by atoms with Crippen LogP contribution in [-0.2, 0) is 22.5 Å². The van der Waals surface area contributed by atoms with Crippen molar-refractivity contribution in [3.63, 3.8) is 0 Å². The van der Waals surface area contributed by atoms with Crippen molar-refractivity contribution < 1.29 is 19.4 Å². The predicted octanol–water partition coefficient (Wildman–Crippen LogP) is -0.779. The standard InChI is InChI=1S/C11H17N3O4/c15-3-6-17-5-2-12-11(16)10-8-7-18-4-1-9(8)13-14-10/h15H,1-7H2,(H,12,16)(H,13,14). The lowest BCUT2D eigenvalue weighted by molar-refractivity contribution is 0.0826. The minimum atomic E-state index is -0.231. The summed E-state index contributed by atoms with van der Waals surface area (Å²) in [6.45, 7) is 2.11. The topological polar surface area (TPSA) is 96.5 Å². The van der Waals surface area contributed by atoms with E-state index in [9.17, 15) is 4.79 Å². The van der Waals surface area contributed by atoms with Gasteiger partial charge >= 0.3 is 0 Å². The molecule has 18 heavy (non-hydrogen) atoms. The third-order valence-electron chi connectivity index (χ3n) is 2.68. The van der Waals surface area contributed by atoms with Crippen LogP contribution in [0.3, 0.4) is 0 Å². The highest BCUT2D eigenvalue weighted by Crippen LogP contribution is 2.17. The third-order valence-corrected chi connectivity index (χ3v) is 2.68. The number of nitrogens with zero attached hydrogens (tertiary/aromatic N) is 1. The van der Waals surface area contributed by atoms with Gasteiger partial charge in [0, 0.05) is 24.2 Å². The largest absolute Gasteiger partial charge is 0.394 e. The molecule has 0 unspecified atom stereocenters. The summed E-state index contributed by atoms with van der Waals surface area (Å²) in [5.41, 5.74) is 2.21. The molecule has 100 valence electrons. The van der Waals surface area contributed by atoms with Crippen LogP contribution >= 0.6 is 0 Å². The number of aromatic nitrogens is 2. The first-order valence-corrected chi connectivity index (χ1v) is 5.93. The average Bonchev–Trinajstić information content (AvgIpc) is 2.82. The van der Waals surface area contributed by atoms with Crippen LogP contribution < -0.4 is 5.32 Å². The highest BCUT2D eigenvalue weighted by Gasteiger charge is 2.21. The van der Waals surface area contributed by atoms with E-state index >= 15 is 0 Å². The van der Waals surface area contributed by atoms with Crippen molar-refractivity contribution in [2.24, 2.45) is 0 Å². The number of aromatic amines is 1. The molecule has 0 atom stereocenters. The lowest BCUT2D eigenvalue weighted by atomic mass is 10.1. The molecule has 0 aliphatic carbocycles. The van der Waals surface area contributed by atoms with Crippen LogP contribution in [0.15, 0.2) is 0 Å². The van der Waals surface area contributed by atoms with E-state index < -0.39 is 0 Å². The summed E-state index contributed by atoms with van der Waals surface area (Å²) in [4.78, 5) is 11.9. The molecule has 2 rings (SSSR count). The fourth-order valence-electron chi connectivity index (χ4n) is 1.79. The van der Waals surface area contributed by atoms with Crippen molar-refractivity contribution in [1.82, 2.24) is 15.5 Å². The monoisotopic (exact) mass is 255 g/mol. The zero-order chi connectivity index (χ0) is 12.8. The molecule has 0 fully saturated rings. The number of amides is 1. The molecule has 0 bridgehead atoms. The summed E-state index contributed by atoms with van der Waals surface area (Å²) < 4.78 is 10.4. The van der Waals surface area contributed by atoms with E-state index in [4.69, 9.17) is 14.6 Å². The van der Waals surface area contributed by atoms with E-state index in [0.717, 1.165) is 17.7 Å². The van der Waals surface area contributed by atoms with E-state index in [2.05, 4.69) is 15.5 Å². The van der Waals surface area contributed by atoms with Gasteiger partial charge in [0.25, 0.3) is 5.91 Å². The maximum absolute atomic E-state index is 11.9. The van der Waals surface area contributed by atoms with Crippen molar-refractivity contribution in [3.05, 3.63) is 17.0 Å². The molecular formula is C11H17N3O4. The Bertz CT molecular complexity index is 405. The molecule has 1 aromatic rings. The number of hydrogen-bond donors (Lipinski definition) is 3. The second-order valence-corrected chi connectivity index (χ2v) is 3.92. The van der Waals surface area contributed by atoms with Crippen molar-refractivity contribution in [3.8, 4) is 0 Å². The first-order valence-electron chi connectivity index (χ1n) is 5.93. The Hall–Kier alpha value is -1.44. The van der Waals surface area contributed by atoms with Crippen molar-refractivity contribution in [2.45, 2.75) is 13.0 Å². The quantitative estimate of drug-likeness (QED) is 0.579. The zero-order valence-electron chi connectivity index (χ0n) is 10.1. The van der Waals surface area contributed by atoms with Crippen LogP contribution in [0, 0.1) is 0 Å². The van der Waals surface area contributed by atoms with Gasteiger partial charge < -0.3 is 19.9 Å². The molecule has 7 heteroatoms. The number of aliphatic hydroxyl groups excluding tert-OH is 1. The molecule has 1 aromatic heterocycles. The molecule has 3 N–H and O–H groups in total. The summed E-state index contributed by atoms with van der Waals surface area (Å²) in [7, 11) is 0. The van der Waals surface area contributed by atoms with Crippen LogP contribution in [0.1, 0.15) is 21.7 Å². The predicted molar refractivity (Wildman–Crippen MR) is 62.2 cm³/mol. The van der Waals surface area contributed by atoms with Crippen LogP contribution in [0.4, 0.5) is 0 Å². The molecule has 0 spiro atoms. The van der Waals surface area contributed by atoms with Gasteiger partial charge in [-0.05, 0) is 0 Å². The van der Waals surface area contributed by atoms with Gasteiger partial charge in [0.05, 0.1) is 33.0 Å². The van der Waals surface area contributed by atoms with Gasteiger partial charge in [-0.3, -0.25) is 9.89 Å². The summed E-state index contributed by atoms with van der Waals surface area (Å²) >= 11 is 0. The maximum atomic E-state index is 11.9. The highest BCUT2D eigenvalue weighted by atomic mass is 16.5. The van der Waals surface area contributed by atoms with E-state index in [1.165, 1.54) is 0 Å². The lowest BCUT2D eigenvalue weighted by Gasteiger charge is -2.12. The Labute approximate surface area is 104 Å². The number of carbonyl (C=O) groups is 1. The number of aliphatic hydroxyl groups is 1. The summed E-state index contributed by atoms with van der Waals surface area (Å²) in [6.07, 6.45) is 0.759. The van der Waals surface area contributed by atoms with E-state index in [-0.39, 0.29) is 19.1 Å². The molecule has 7 nitrogen and oxygen atoms in total. The summed E-state index contributed by atoms with van der Waals surface area (Å²) in [5.74, 6) is -0.231. The van der Waals surface area contributed by atoms with Crippen molar-refractivity contribution >= 4 is 5.91 Å². The second kappa shape index (κ2) is 6.48. The number of H-pyrrole nitrogens is 1. The molecule has 2 heterocycles. The Morgan fingerprint density at radius 3 is 3.28 bits per heavy atom. The van der Waals surface area contributed by atoms with Gasteiger partial charge in [0.1, 0.15) is 0 Å². The Morgan fingerprint density at radius 2 is 2.44 bits per heavy atom. The van der Waals surface area contributed by atoms with E-state index in [0.29, 0.717) is 32.1 Å². The first-order chi connectivity index (χ1) is 8.83. The molecule has 0 aromatic carbocycles. The number of rotatable bonds is 6. The third kappa shape index (κ3) is 3.06. The minimum Gasteiger partial charge on any atom is -0.394 e. The fraction of sp³-hybridized carbons (Fsp3) is 0.636. The van der Waals surface area contributed by atoms with Gasteiger partial charge in [0.15, 0.2) is 5.69 Å². The normalized spacial score (nSPS) is 14.3. The smallest absolute Gasteiger partial charge is 0.272 e. The fourth-order valence-corrected chi connectivity index (χ4v) is 1.79. The van der Waals surface area contributed by atoms with Gasteiger partial charge in [-0.2, -0.15) is 5.10 Å². The number of carbonyl (C=O) groups excluding carboxylic acids is 1. The van der Waals surface area contributed by atoms with Crippen LogP contribution in [0.2, 0.25) is 0 Å². The second-order valence-electron chi connectivity index (χ2n) is 3.92. The van der Waals surface area contributed by atoms with Crippen molar-refractivity contribution in [1.29, 1.82) is 0 Å². The molecule has 1 aliphatic rings. The van der Waals surface area contributed by atoms with Gasteiger partial charge in [-0.15, -0.1) is 0 Å². The zero-order valence-corrected chi connectivity index (χ0v) is 10.1. The number of fused-ring (bicyclic) bond motifs is 1. The number of nitrogens with one attached hydrogen (secondary N) is 2. The molecular weight excluding hydrogens is 238 g/mol. The lowest BCUT2D eigenvalue weighted by Crippen LogP contribution is -2.29. The van der Waals surface area contributed by atoms with Gasteiger partial charge in [0.2, 0.25) is 0 Å². The van der Waals surface area contributed by atoms with Crippen LogP contribution in [0.25, 0.3) is 0 Å². The highest BCUT2D eigenvalue weighted by molar-refractivity contribution is 5.93. The molecule has 0 radical (unpaired) electrons. The summed E-state index contributed by atoms with van der Waals surface area (Å²) in [6, 6.07) is 0. The Balaban J connectivity index is 1.83. The van der Waals surface area contributed by atoms with Crippen molar-refractivity contribution in [2.75, 3.05) is 33.0 Å². The van der Waals surface area contributed by atoms with Gasteiger partial charge in [-0.1, -0.05) is 0 Å². The molecule has 0 saturated heterocycles. The molecule has 1 amide bonds. The summed E-state index contributed by atoms with van der Waals surface area (Å²) in [5, 5.41) is 18.1. The maximum Gasteiger partial charge on any atom is 0.272 e. The van der Waals surface area contributed by atoms with E-state index in [1.807, 2.05) is 0 Å². The van der Waals surface area contributed by atoms with Crippen LogP contribution in [-0.4, -0.2) is 54.2 Å². The molecule has 1 aliphatic heterocycles. The SMILES string of the molecule is O=C(NCCOCCO)c1n[nH]c2c1COCC2. The number of ether oxygens (including phenoxy) is 2. The van der Waals surface area contributed by atoms with Crippen LogP contribution in [0.5, 0.6) is 0 Å². The van der Waals surface area contributed by atoms with E-state index in [1.54, 1.807) is 0 Å². The molecule has 0 saturated carbocycles. The Morgan fingerprint density at radius 1 is 1.56 bits per heavy atom. The number of hydrogen-bond acceptors (Lipinski definition) is 5. The minimum absolute atomic E-state index is 0.0157. The Kier molecular flexibility index (Phi) is 4.68. The first kappa shape index (κ1) is 13.0. The van der Waals surface area contributed by atoms with Gasteiger partial charge in [-0.25, -0.2) is 0 Å².